The molecule has 0 amide bonds. The molecule has 1 aliphatic rings. The molecule has 0 aromatic rings. The standard InChI is InChI=1S/C8H17NO2/c1-10-7-3-6(9)4-8(5-7)11-2/h6-8H,3-5,9H2,1-2H3/t6-,7+,8-. The highest BCUT2D eigenvalue weighted by Gasteiger charge is 2.26. The molecule has 0 spiro atoms. The number of methoxy groups -OCH3 is 2. The van der Waals surface area contributed by atoms with Crippen molar-refractivity contribution in [3.05, 3.63) is 0 Å². The summed E-state index contributed by atoms with van der Waals surface area (Å²) in [5, 5.41) is 0. The third-order valence-electron chi connectivity index (χ3n) is 2.32. The van der Waals surface area contributed by atoms with Crippen molar-refractivity contribution in [1.29, 1.82) is 0 Å². The van der Waals surface area contributed by atoms with E-state index < -0.39 is 0 Å². The molecule has 0 aromatic carbocycles. The maximum absolute atomic E-state index is 5.81. The lowest BCUT2D eigenvalue weighted by Crippen LogP contribution is -2.39. The van der Waals surface area contributed by atoms with Crippen LogP contribution in [0, 0.1) is 0 Å². The minimum Gasteiger partial charge on any atom is -0.381 e. The van der Waals surface area contributed by atoms with Crippen LogP contribution >= 0.6 is 0 Å². The SMILES string of the molecule is CO[C@@H]1C[C@H](N)C[C@H](OC)C1. The van der Waals surface area contributed by atoms with Crippen LogP contribution in [-0.4, -0.2) is 32.5 Å². The highest BCUT2D eigenvalue weighted by molar-refractivity contribution is 4.81. The van der Waals surface area contributed by atoms with Gasteiger partial charge in [0.2, 0.25) is 0 Å². The zero-order valence-electron chi connectivity index (χ0n) is 7.25. The van der Waals surface area contributed by atoms with E-state index in [1.54, 1.807) is 14.2 Å². The number of nitrogens with two attached hydrogens (primary N) is 1. The number of hydrogen-bond acceptors (Lipinski definition) is 3. The molecular formula is C8H17NO2. The van der Waals surface area contributed by atoms with Crippen molar-refractivity contribution in [3.63, 3.8) is 0 Å². The molecule has 2 N–H and O–H groups in total. The largest absolute Gasteiger partial charge is 0.381 e. The van der Waals surface area contributed by atoms with Crippen molar-refractivity contribution in [2.45, 2.75) is 37.5 Å². The molecule has 0 radical (unpaired) electrons. The van der Waals surface area contributed by atoms with Crippen molar-refractivity contribution < 1.29 is 9.47 Å². The van der Waals surface area contributed by atoms with E-state index >= 15 is 0 Å². The molecule has 3 heteroatoms. The van der Waals surface area contributed by atoms with Crippen LogP contribution in [0.4, 0.5) is 0 Å². The number of hydrogen-bond donors (Lipinski definition) is 1. The fourth-order valence-electron chi connectivity index (χ4n) is 1.64. The van der Waals surface area contributed by atoms with Gasteiger partial charge in [0.15, 0.2) is 0 Å². The van der Waals surface area contributed by atoms with Gasteiger partial charge in [0.1, 0.15) is 0 Å². The average Bonchev–Trinajstić information content (AvgIpc) is 2.03. The summed E-state index contributed by atoms with van der Waals surface area (Å²) in [7, 11) is 3.46. The van der Waals surface area contributed by atoms with Crippen LogP contribution in [0.25, 0.3) is 0 Å². The first-order valence-corrected chi connectivity index (χ1v) is 4.07. The summed E-state index contributed by atoms with van der Waals surface area (Å²) < 4.78 is 10.5. The minimum atomic E-state index is 0.249. The molecule has 3 atom stereocenters. The average molecular weight is 159 g/mol. The maximum atomic E-state index is 5.81. The van der Waals surface area contributed by atoms with E-state index in [4.69, 9.17) is 15.2 Å². The Morgan fingerprint density at radius 3 is 1.82 bits per heavy atom. The molecule has 1 rings (SSSR count). The van der Waals surface area contributed by atoms with Crippen molar-refractivity contribution in [3.8, 4) is 0 Å². The van der Waals surface area contributed by atoms with E-state index in [9.17, 15) is 0 Å². The molecule has 0 bridgehead atoms. The zero-order valence-corrected chi connectivity index (χ0v) is 7.25. The van der Waals surface area contributed by atoms with Gasteiger partial charge in [-0.05, 0) is 19.3 Å². The van der Waals surface area contributed by atoms with Gasteiger partial charge in [-0.25, -0.2) is 0 Å². The van der Waals surface area contributed by atoms with E-state index in [0.717, 1.165) is 19.3 Å². The Hall–Kier alpha value is -0.120. The summed E-state index contributed by atoms with van der Waals surface area (Å²) in [4.78, 5) is 0. The minimum absolute atomic E-state index is 0.249. The predicted octanol–water partition coefficient (Wildman–Crippen LogP) is 0.528. The smallest absolute Gasteiger partial charge is 0.0610 e. The second kappa shape index (κ2) is 4.04. The fourth-order valence-corrected chi connectivity index (χ4v) is 1.64. The fraction of sp³-hybridized carbons (Fsp3) is 1.00. The summed E-state index contributed by atoms with van der Waals surface area (Å²) in [6.07, 6.45) is 3.51. The molecule has 1 fully saturated rings. The molecule has 0 saturated heterocycles. The van der Waals surface area contributed by atoms with Gasteiger partial charge in [-0.1, -0.05) is 0 Å². The van der Waals surface area contributed by atoms with Crippen molar-refractivity contribution in [2.75, 3.05) is 14.2 Å². The topological polar surface area (TPSA) is 44.5 Å². The van der Waals surface area contributed by atoms with E-state index in [2.05, 4.69) is 0 Å². The van der Waals surface area contributed by atoms with Crippen LogP contribution in [0.3, 0.4) is 0 Å². The summed E-state index contributed by atoms with van der Waals surface area (Å²) >= 11 is 0. The molecule has 0 unspecified atom stereocenters. The van der Waals surface area contributed by atoms with Crippen molar-refractivity contribution >= 4 is 0 Å². The second-order valence-electron chi connectivity index (χ2n) is 3.18. The van der Waals surface area contributed by atoms with Gasteiger partial charge >= 0.3 is 0 Å². The molecule has 1 aliphatic carbocycles. The van der Waals surface area contributed by atoms with Crippen LogP contribution in [0.15, 0.2) is 0 Å². The van der Waals surface area contributed by atoms with Gasteiger partial charge in [0, 0.05) is 20.3 Å². The Bertz CT molecular complexity index is 107. The Kier molecular flexibility index (Phi) is 3.30. The Morgan fingerprint density at radius 1 is 1.00 bits per heavy atom. The van der Waals surface area contributed by atoms with Gasteiger partial charge in [-0.15, -0.1) is 0 Å². The molecule has 0 heterocycles. The van der Waals surface area contributed by atoms with Gasteiger partial charge in [0.05, 0.1) is 12.2 Å². The van der Waals surface area contributed by atoms with Gasteiger partial charge in [0.25, 0.3) is 0 Å². The Labute approximate surface area is 67.9 Å². The summed E-state index contributed by atoms with van der Waals surface area (Å²) in [6.45, 7) is 0. The molecule has 11 heavy (non-hydrogen) atoms. The summed E-state index contributed by atoms with van der Waals surface area (Å²) in [5.41, 5.74) is 5.81. The molecular weight excluding hydrogens is 142 g/mol. The first kappa shape index (κ1) is 8.97. The predicted molar refractivity (Wildman–Crippen MR) is 43.4 cm³/mol. The Balaban J connectivity index is 2.37. The van der Waals surface area contributed by atoms with Crippen LogP contribution in [0.1, 0.15) is 19.3 Å². The van der Waals surface area contributed by atoms with Crippen molar-refractivity contribution in [1.82, 2.24) is 0 Å². The van der Waals surface area contributed by atoms with Crippen LogP contribution in [0.5, 0.6) is 0 Å². The lowest BCUT2D eigenvalue weighted by Gasteiger charge is -2.31. The molecule has 66 valence electrons. The first-order valence-electron chi connectivity index (χ1n) is 4.07. The third-order valence-corrected chi connectivity index (χ3v) is 2.32. The number of ether oxygens (including phenoxy) is 2. The van der Waals surface area contributed by atoms with Gasteiger partial charge < -0.3 is 15.2 Å². The summed E-state index contributed by atoms with van der Waals surface area (Å²) in [5.74, 6) is 0. The summed E-state index contributed by atoms with van der Waals surface area (Å²) in [6, 6.07) is 0.249. The van der Waals surface area contributed by atoms with Crippen LogP contribution in [0.2, 0.25) is 0 Å². The molecule has 0 aliphatic heterocycles. The van der Waals surface area contributed by atoms with Crippen LogP contribution < -0.4 is 5.73 Å². The van der Waals surface area contributed by atoms with Gasteiger partial charge in [-0.3, -0.25) is 0 Å². The zero-order chi connectivity index (χ0) is 8.27. The maximum Gasteiger partial charge on any atom is 0.0610 e. The van der Waals surface area contributed by atoms with E-state index in [-0.39, 0.29) is 6.04 Å². The van der Waals surface area contributed by atoms with Gasteiger partial charge in [-0.2, -0.15) is 0 Å². The van der Waals surface area contributed by atoms with E-state index in [1.807, 2.05) is 0 Å². The Morgan fingerprint density at radius 2 is 1.45 bits per heavy atom. The monoisotopic (exact) mass is 159 g/mol. The van der Waals surface area contributed by atoms with Crippen LogP contribution in [-0.2, 0) is 9.47 Å². The highest BCUT2D eigenvalue weighted by atomic mass is 16.5. The lowest BCUT2D eigenvalue weighted by atomic mass is 9.91. The van der Waals surface area contributed by atoms with Crippen molar-refractivity contribution in [2.24, 2.45) is 5.73 Å². The normalized spacial score (nSPS) is 39.0. The molecule has 1 saturated carbocycles. The first-order chi connectivity index (χ1) is 5.26. The molecule has 0 aromatic heterocycles. The molecule has 3 nitrogen and oxygen atoms in total. The number of rotatable bonds is 2. The highest BCUT2D eigenvalue weighted by Crippen LogP contribution is 2.21. The second-order valence-corrected chi connectivity index (χ2v) is 3.18. The lowest BCUT2D eigenvalue weighted by molar-refractivity contribution is -0.0158. The third kappa shape index (κ3) is 2.43. The quantitative estimate of drug-likeness (QED) is 0.639. The van der Waals surface area contributed by atoms with E-state index in [1.165, 1.54) is 0 Å². The van der Waals surface area contributed by atoms with E-state index in [0.29, 0.717) is 12.2 Å².